The number of benzene rings is 1. The standard InChI is InChI=1S/C26H30FN5O/c1-15-2-3-20(27)10-23(15)24-9-16(11-28)26(31-30-24)29-21-6-17-12-32(13-18(17)7-21)14-19-8-22-4-5-25(19)33-22/h2-3,9-10,17-19,21-22,25H,4-8,12-14H2,1H3,(H,29,31)/t17-,18+,19-,21?,22?,25?/m0/s1. The SMILES string of the molecule is Cc1ccc(F)cc1-c1cc(C#N)c(NC2C[C@@H]3CN(C[C@@H]4CC5CCC4O5)C[C@@H]3C2)nn1. The molecule has 3 aliphatic heterocycles. The van der Waals surface area contributed by atoms with Gasteiger partial charge in [-0.05, 0) is 74.6 Å². The summed E-state index contributed by atoms with van der Waals surface area (Å²) in [5.41, 5.74) is 2.55. The summed E-state index contributed by atoms with van der Waals surface area (Å²) in [6, 6.07) is 8.87. The molecule has 1 saturated carbocycles. The molecule has 3 unspecified atom stereocenters. The summed E-state index contributed by atoms with van der Waals surface area (Å²) >= 11 is 0. The molecule has 1 N–H and O–H groups in total. The highest BCUT2D eigenvalue weighted by Crippen LogP contribution is 2.43. The zero-order valence-electron chi connectivity index (χ0n) is 19.0. The molecular formula is C26H30FN5O. The summed E-state index contributed by atoms with van der Waals surface area (Å²) in [6.45, 7) is 5.44. The molecule has 6 rings (SSSR count). The van der Waals surface area contributed by atoms with Crippen LogP contribution in [0.1, 0.15) is 43.2 Å². The highest BCUT2D eigenvalue weighted by Gasteiger charge is 2.45. The Balaban J connectivity index is 1.08. The number of ether oxygens (including phenoxy) is 1. The fraction of sp³-hybridized carbons (Fsp3) is 0.577. The molecule has 4 aliphatic rings. The zero-order valence-corrected chi connectivity index (χ0v) is 19.0. The average Bonchev–Trinajstić information content (AvgIpc) is 3.57. The minimum absolute atomic E-state index is 0.316. The zero-order chi connectivity index (χ0) is 22.5. The van der Waals surface area contributed by atoms with Crippen molar-refractivity contribution < 1.29 is 9.13 Å². The number of fused-ring (bicyclic) bond motifs is 3. The van der Waals surface area contributed by atoms with Crippen LogP contribution in [0.4, 0.5) is 10.2 Å². The van der Waals surface area contributed by atoms with Crippen molar-refractivity contribution in [3.05, 3.63) is 41.2 Å². The second-order valence-electron chi connectivity index (χ2n) is 10.5. The van der Waals surface area contributed by atoms with E-state index in [4.69, 9.17) is 4.74 Å². The van der Waals surface area contributed by atoms with Gasteiger partial charge in [0, 0.05) is 37.2 Å². The monoisotopic (exact) mass is 447 g/mol. The Morgan fingerprint density at radius 2 is 1.97 bits per heavy atom. The quantitative estimate of drug-likeness (QED) is 0.742. The van der Waals surface area contributed by atoms with E-state index in [1.54, 1.807) is 12.1 Å². The van der Waals surface area contributed by atoms with Gasteiger partial charge in [-0.15, -0.1) is 10.2 Å². The van der Waals surface area contributed by atoms with Crippen LogP contribution in [0.5, 0.6) is 0 Å². The highest BCUT2D eigenvalue weighted by atomic mass is 19.1. The minimum atomic E-state index is -0.322. The molecule has 2 aromatic rings. The molecule has 3 saturated heterocycles. The number of aryl methyl sites for hydroxylation is 1. The third kappa shape index (κ3) is 4.00. The molecule has 0 radical (unpaired) electrons. The van der Waals surface area contributed by atoms with Crippen LogP contribution in [0.3, 0.4) is 0 Å². The second kappa shape index (κ2) is 8.34. The Hall–Kier alpha value is -2.56. The fourth-order valence-corrected chi connectivity index (χ4v) is 6.71. The summed E-state index contributed by atoms with van der Waals surface area (Å²) in [5, 5.41) is 21.9. The van der Waals surface area contributed by atoms with Crippen molar-refractivity contribution >= 4 is 5.82 Å². The smallest absolute Gasteiger partial charge is 0.166 e. The van der Waals surface area contributed by atoms with E-state index in [1.807, 2.05) is 6.92 Å². The van der Waals surface area contributed by atoms with Crippen molar-refractivity contribution in [2.24, 2.45) is 17.8 Å². The Bertz CT molecular complexity index is 1090. The number of anilines is 1. The molecule has 1 aliphatic carbocycles. The van der Waals surface area contributed by atoms with Gasteiger partial charge < -0.3 is 15.0 Å². The van der Waals surface area contributed by atoms with Crippen LogP contribution >= 0.6 is 0 Å². The third-order valence-electron chi connectivity index (χ3n) is 8.28. The van der Waals surface area contributed by atoms with Crippen LogP contribution in [-0.2, 0) is 4.74 Å². The Morgan fingerprint density at radius 1 is 1.15 bits per heavy atom. The van der Waals surface area contributed by atoms with E-state index >= 15 is 0 Å². The second-order valence-corrected chi connectivity index (χ2v) is 10.5. The van der Waals surface area contributed by atoms with Gasteiger partial charge in [0.1, 0.15) is 11.9 Å². The number of nitrogens with zero attached hydrogens (tertiary/aromatic N) is 4. The number of hydrogen-bond acceptors (Lipinski definition) is 6. The lowest BCUT2D eigenvalue weighted by molar-refractivity contribution is 0.0854. The number of nitriles is 1. The Labute approximate surface area is 194 Å². The van der Waals surface area contributed by atoms with E-state index in [0.29, 0.717) is 52.7 Å². The molecule has 7 heteroatoms. The van der Waals surface area contributed by atoms with Crippen molar-refractivity contribution in [3.63, 3.8) is 0 Å². The lowest BCUT2D eigenvalue weighted by Crippen LogP contribution is -2.33. The van der Waals surface area contributed by atoms with Gasteiger partial charge in [0.2, 0.25) is 0 Å². The van der Waals surface area contributed by atoms with Crippen molar-refractivity contribution in [1.29, 1.82) is 5.26 Å². The molecule has 172 valence electrons. The Kier molecular flexibility index (Phi) is 5.31. The van der Waals surface area contributed by atoms with Crippen molar-refractivity contribution in [2.45, 2.75) is 57.3 Å². The van der Waals surface area contributed by atoms with E-state index in [2.05, 4.69) is 26.5 Å². The average molecular weight is 448 g/mol. The van der Waals surface area contributed by atoms with Gasteiger partial charge in [-0.3, -0.25) is 0 Å². The third-order valence-corrected chi connectivity index (χ3v) is 8.28. The van der Waals surface area contributed by atoms with Gasteiger partial charge in [-0.2, -0.15) is 5.26 Å². The first-order valence-corrected chi connectivity index (χ1v) is 12.2. The molecule has 4 heterocycles. The maximum Gasteiger partial charge on any atom is 0.166 e. The number of nitrogens with one attached hydrogen (secondary N) is 1. The summed E-state index contributed by atoms with van der Waals surface area (Å²) in [4.78, 5) is 2.66. The van der Waals surface area contributed by atoms with E-state index in [1.165, 1.54) is 51.0 Å². The topological polar surface area (TPSA) is 74.1 Å². The summed E-state index contributed by atoms with van der Waals surface area (Å²) in [7, 11) is 0. The fourth-order valence-electron chi connectivity index (χ4n) is 6.71. The van der Waals surface area contributed by atoms with Crippen LogP contribution in [0, 0.1) is 41.8 Å². The lowest BCUT2D eigenvalue weighted by Gasteiger charge is -2.26. The first-order valence-electron chi connectivity index (χ1n) is 12.2. The number of aromatic nitrogens is 2. The maximum absolute atomic E-state index is 13.7. The molecule has 0 amide bonds. The van der Waals surface area contributed by atoms with Crippen LogP contribution in [0.2, 0.25) is 0 Å². The van der Waals surface area contributed by atoms with Gasteiger partial charge in [0.15, 0.2) is 5.82 Å². The first kappa shape index (κ1) is 21.0. The van der Waals surface area contributed by atoms with E-state index in [0.717, 1.165) is 24.3 Å². The van der Waals surface area contributed by atoms with Crippen LogP contribution < -0.4 is 5.32 Å². The molecular weight excluding hydrogens is 417 g/mol. The van der Waals surface area contributed by atoms with E-state index in [-0.39, 0.29) is 5.82 Å². The predicted octanol–water partition coefficient (Wildman–Crippen LogP) is 4.15. The molecule has 1 aromatic carbocycles. The number of halogens is 1. The van der Waals surface area contributed by atoms with Gasteiger partial charge in [0.05, 0.1) is 23.5 Å². The van der Waals surface area contributed by atoms with Gasteiger partial charge in [-0.1, -0.05) is 6.07 Å². The molecule has 0 spiro atoms. The molecule has 33 heavy (non-hydrogen) atoms. The molecule has 2 bridgehead atoms. The van der Waals surface area contributed by atoms with Gasteiger partial charge >= 0.3 is 0 Å². The number of hydrogen-bond donors (Lipinski definition) is 1. The van der Waals surface area contributed by atoms with Crippen LogP contribution in [0.25, 0.3) is 11.3 Å². The predicted molar refractivity (Wildman–Crippen MR) is 123 cm³/mol. The van der Waals surface area contributed by atoms with Gasteiger partial charge in [-0.25, -0.2) is 4.39 Å². The number of rotatable bonds is 5. The van der Waals surface area contributed by atoms with E-state index < -0.39 is 0 Å². The minimum Gasteiger partial charge on any atom is -0.375 e. The largest absolute Gasteiger partial charge is 0.375 e. The highest BCUT2D eigenvalue weighted by molar-refractivity contribution is 5.67. The normalized spacial score (nSPS) is 32.8. The molecule has 1 aromatic heterocycles. The van der Waals surface area contributed by atoms with E-state index in [9.17, 15) is 9.65 Å². The summed E-state index contributed by atoms with van der Waals surface area (Å²) in [6.07, 6.45) is 7.01. The van der Waals surface area contributed by atoms with Crippen molar-refractivity contribution in [1.82, 2.24) is 15.1 Å². The molecule has 6 nitrogen and oxygen atoms in total. The number of likely N-dealkylation sites (tertiary alicyclic amines) is 1. The molecule has 4 fully saturated rings. The summed E-state index contributed by atoms with van der Waals surface area (Å²) in [5.74, 6) is 2.35. The Morgan fingerprint density at radius 3 is 2.67 bits per heavy atom. The van der Waals surface area contributed by atoms with Crippen molar-refractivity contribution in [3.8, 4) is 17.3 Å². The summed E-state index contributed by atoms with van der Waals surface area (Å²) < 4.78 is 19.8. The lowest BCUT2D eigenvalue weighted by atomic mass is 9.89. The van der Waals surface area contributed by atoms with Gasteiger partial charge in [0.25, 0.3) is 0 Å². The maximum atomic E-state index is 13.7. The van der Waals surface area contributed by atoms with Crippen LogP contribution in [-0.4, -0.2) is 53.0 Å². The van der Waals surface area contributed by atoms with Crippen LogP contribution in [0.15, 0.2) is 24.3 Å². The van der Waals surface area contributed by atoms with Crippen molar-refractivity contribution in [2.75, 3.05) is 25.0 Å². The molecule has 6 atom stereocenters. The first-order chi connectivity index (χ1) is 16.1.